The zero-order chi connectivity index (χ0) is 44.1. The third kappa shape index (κ3) is 8.61. The highest BCUT2D eigenvalue weighted by Crippen LogP contribution is 2.75. The fourth-order valence-electron chi connectivity index (χ4n) is 13.4. The van der Waals surface area contributed by atoms with Crippen LogP contribution in [0.2, 0.25) is 0 Å². The molecule has 1 aromatic carbocycles. The molecule has 13 heteroatoms. The molecule has 12 nitrogen and oxygen atoms in total. The number of pyridine rings is 1. The van der Waals surface area contributed by atoms with Gasteiger partial charge in [-0.2, -0.15) is 5.10 Å². The minimum atomic E-state index is -1.06. The van der Waals surface area contributed by atoms with E-state index in [0.29, 0.717) is 40.0 Å². The summed E-state index contributed by atoms with van der Waals surface area (Å²) < 4.78 is 9.70. The summed E-state index contributed by atoms with van der Waals surface area (Å²) in [5.41, 5.74) is 6.72. The van der Waals surface area contributed by atoms with Gasteiger partial charge in [-0.25, -0.2) is 14.8 Å². The van der Waals surface area contributed by atoms with Crippen molar-refractivity contribution in [3.05, 3.63) is 65.1 Å². The molecule has 62 heavy (non-hydrogen) atoms. The number of ether oxygens (including phenoxy) is 1. The predicted molar refractivity (Wildman–Crippen MR) is 250 cm³/mol. The molecule has 4 bridgehead atoms. The van der Waals surface area contributed by atoms with Gasteiger partial charge in [-0.15, -0.1) is 10.2 Å². The van der Waals surface area contributed by atoms with Gasteiger partial charge in [0.05, 0.1) is 50.2 Å². The van der Waals surface area contributed by atoms with E-state index in [1.807, 2.05) is 55.3 Å². The molecule has 0 amide bonds. The van der Waals surface area contributed by atoms with Gasteiger partial charge in [-0.05, 0) is 124 Å². The molecule has 4 aromatic heterocycles. The quantitative estimate of drug-likeness (QED) is 0.0774. The number of nitrogens with one attached hydrogen (secondary N) is 1. The highest BCUT2D eigenvalue weighted by atomic mass is 32.1. The van der Waals surface area contributed by atoms with Gasteiger partial charge in [-0.3, -0.25) is 4.68 Å². The van der Waals surface area contributed by atoms with Crippen LogP contribution in [0, 0.1) is 35.5 Å². The van der Waals surface area contributed by atoms with Crippen molar-refractivity contribution >= 4 is 50.1 Å². The number of anilines is 4. The van der Waals surface area contributed by atoms with Crippen molar-refractivity contribution in [3.8, 4) is 11.1 Å². The predicted octanol–water partition coefficient (Wildman–Crippen LogP) is 10.8. The van der Waals surface area contributed by atoms with Crippen molar-refractivity contribution in [3.63, 3.8) is 0 Å². The van der Waals surface area contributed by atoms with Crippen LogP contribution in [0.3, 0.4) is 0 Å². The topological polar surface area (TPSA) is 131 Å². The van der Waals surface area contributed by atoms with E-state index in [9.17, 15) is 9.90 Å². The second-order valence-electron chi connectivity index (χ2n) is 20.5. The normalized spacial score (nSPS) is 25.1. The van der Waals surface area contributed by atoms with E-state index in [0.717, 1.165) is 87.0 Å². The summed E-state index contributed by atoms with van der Waals surface area (Å²) in [5, 5.41) is 29.1. The highest BCUT2D eigenvalue weighted by Gasteiger charge is 2.65. The van der Waals surface area contributed by atoms with Gasteiger partial charge >= 0.3 is 5.97 Å². The zero-order valence-electron chi connectivity index (χ0n) is 38.6. The maximum absolute atomic E-state index is 13.0. The fourth-order valence-corrected chi connectivity index (χ4v) is 14.2. The maximum atomic E-state index is 13.0. The Bertz CT molecular complexity index is 2390. The molecule has 4 saturated carbocycles. The number of nitrogens with zero attached hydrogens (tertiary/aromatic N) is 8. The van der Waals surface area contributed by atoms with Crippen molar-refractivity contribution in [2.24, 2.45) is 21.7 Å². The number of methoxy groups -OCH3 is 1. The third-order valence-electron chi connectivity index (χ3n) is 14.5. The number of fused-ring (bicyclic) bond motifs is 2. The first-order valence-electron chi connectivity index (χ1n) is 22.9. The lowest BCUT2D eigenvalue weighted by atomic mass is 9.35. The van der Waals surface area contributed by atoms with Crippen molar-refractivity contribution < 1.29 is 19.1 Å². The van der Waals surface area contributed by atoms with E-state index in [2.05, 4.69) is 68.1 Å². The minimum Gasteiger partial charge on any atom is -0.476 e. The lowest BCUT2D eigenvalue weighted by Crippen LogP contribution is -2.60. The Labute approximate surface area is 372 Å². The van der Waals surface area contributed by atoms with E-state index < -0.39 is 5.97 Å². The van der Waals surface area contributed by atoms with Crippen molar-refractivity contribution in [1.82, 2.24) is 29.9 Å². The molecule has 4 aliphatic carbocycles. The molecular formula is C49H68N9O3S+. The second-order valence-corrected chi connectivity index (χ2v) is 21.6. The third-order valence-corrected chi connectivity index (χ3v) is 15.5. The highest BCUT2D eigenvalue weighted by molar-refractivity contribution is 7.22. The molecule has 2 unspecified atom stereocenters. The average Bonchev–Trinajstić information content (AvgIpc) is 3.79. The molecule has 1 aliphatic heterocycles. The number of rotatable bonds is 15. The number of carbonyl (C=O) groups is 1. The molecule has 2 N–H and O–H groups in total. The van der Waals surface area contributed by atoms with E-state index in [-0.39, 0.29) is 11.1 Å². The zero-order valence-corrected chi connectivity index (χ0v) is 39.4. The summed E-state index contributed by atoms with van der Waals surface area (Å²) in [6.07, 6.45) is 15.0. The largest absolute Gasteiger partial charge is 0.476 e. The number of hydrogen-bond donors (Lipinski definition) is 2. The molecule has 2 atom stereocenters. The number of aromatic carboxylic acids is 1. The molecule has 4 fully saturated rings. The van der Waals surface area contributed by atoms with Crippen LogP contribution >= 0.6 is 11.3 Å². The van der Waals surface area contributed by atoms with E-state index in [4.69, 9.17) is 19.8 Å². The van der Waals surface area contributed by atoms with Crippen LogP contribution in [0.4, 0.5) is 22.6 Å². The van der Waals surface area contributed by atoms with E-state index in [1.54, 1.807) is 18.4 Å². The summed E-state index contributed by atoms with van der Waals surface area (Å²) in [5.74, 6) is 0.893. The molecule has 5 aromatic rings. The SMILES string of the molecule is CC.COCCC[N+](C)(C)CCCC12CC3(C)CC(C)(C1)CC(Cn1ncc(-c4ccc(N5CCCc6c5nnc(Nc5nc7ccccc7s5)c6C)nc4C(=O)O)c1C)(C3)C2. The first-order valence-corrected chi connectivity index (χ1v) is 23.8. The van der Waals surface area contributed by atoms with Gasteiger partial charge in [-0.1, -0.05) is 51.2 Å². The Morgan fingerprint density at radius 1 is 0.919 bits per heavy atom. The lowest BCUT2D eigenvalue weighted by Gasteiger charge is -2.70. The van der Waals surface area contributed by atoms with E-state index in [1.165, 1.54) is 57.9 Å². The van der Waals surface area contributed by atoms with Crippen LogP contribution in [0.5, 0.6) is 0 Å². The van der Waals surface area contributed by atoms with Gasteiger partial charge < -0.3 is 24.5 Å². The Kier molecular flexibility index (Phi) is 12.0. The molecule has 10 rings (SSSR count). The number of thiazole rings is 1. The van der Waals surface area contributed by atoms with Crippen molar-refractivity contribution in [2.75, 3.05) is 57.7 Å². The van der Waals surface area contributed by atoms with Crippen LogP contribution < -0.4 is 10.2 Å². The van der Waals surface area contributed by atoms with Gasteiger partial charge in [0.1, 0.15) is 5.82 Å². The average molecular weight is 863 g/mol. The molecular weight excluding hydrogens is 795 g/mol. The van der Waals surface area contributed by atoms with Crippen LogP contribution in [-0.4, -0.2) is 93.0 Å². The number of quaternary nitrogens is 1. The number of carboxylic acid groups (broad SMARTS) is 1. The van der Waals surface area contributed by atoms with Crippen molar-refractivity contribution in [1.29, 1.82) is 0 Å². The van der Waals surface area contributed by atoms with Crippen LogP contribution in [0.15, 0.2) is 42.6 Å². The van der Waals surface area contributed by atoms with Crippen LogP contribution in [-0.2, 0) is 17.7 Å². The first kappa shape index (κ1) is 44.2. The smallest absolute Gasteiger partial charge is 0.355 e. The number of para-hydroxylation sites is 1. The monoisotopic (exact) mass is 863 g/mol. The van der Waals surface area contributed by atoms with Crippen LogP contribution in [0.1, 0.15) is 119 Å². The standard InChI is InChI=1S/C47H61N9O3S.C2H6/c1-31-33-13-10-19-54(41(33)53-52-40(31)51-43-49-36-14-8-9-15-37(36)60-43)38-17-16-34(39(50-38)42(57)58)35-23-48-55(32(35)2)30-47-27-44(3)24-45(4,28-47)26-46(25-44,29-47)18-11-20-56(5,6)21-12-22-59-7;1-2/h8-9,14-17,23H,10-13,18-22,24-30H2,1-7H3,(H-,49,51,52,57,58);1-2H3/p+1. The summed E-state index contributed by atoms with van der Waals surface area (Å²) in [4.78, 5) is 24.6. The summed E-state index contributed by atoms with van der Waals surface area (Å²) in [7, 11) is 6.54. The van der Waals surface area contributed by atoms with Gasteiger partial charge in [0.15, 0.2) is 22.5 Å². The number of benzene rings is 1. The van der Waals surface area contributed by atoms with Gasteiger partial charge in [0.2, 0.25) is 0 Å². The Morgan fingerprint density at radius 3 is 2.37 bits per heavy atom. The molecule has 0 spiro atoms. The first-order chi connectivity index (χ1) is 29.6. The fraction of sp³-hybridized carbons (Fsp3) is 0.592. The lowest BCUT2D eigenvalue weighted by molar-refractivity contribution is -0.890. The van der Waals surface area contributed by atoms with Gasteiger partial charge in [0, 0.05) is 54.6 Å². The Hall–Kier alpha value is -4.46. The minimum absolute atomic E-state index is 0.0263. The molecule has 5 aliphatic rings. The molecule has 0 radical (unpaired) electrons. The molecule has 0 saturated heterocycles. The number of aromatic nitrogens is 6. The summed E-state index contributed by atoms with van der Waals surface area (Å²) in [6.45, 7) is 18.0. The number of hydrogen-bond acceptors (Lipinski definition) is 10. The maximum Gasteiger partial charge on any atom is 0.355 e. The molecule has 332 valence electrons. The van der Waals surface area contributed by atoms with Crippen molar-refractivity contribution in [2.45, 2.75) is 119 Å². The van der Waals surface area contributed by atoms with Gasteiger partial charge in [0.25, 0.3) is 0 Å². The Balaban J connectivity index is 0.00000261. The van der Waals surface area contributed by atoms with E-state index >= 15 is 0 Å². The summed E-state index contributed by atoms with van der Waals surface area (Å²) in [6, 6.07) is 11.9. The molecule has 5 heterocycles. The number of carboxylic acids is 1. The van der Waals surface area contributed by atoms with Crippen LogP contribution in [0.25, 0.3) is 21.3 Å². The summed E-state index contributed by atoms with van der Waals surface area (Å²) >= 11 is 1.58. The Morgan fingerprint density at radius 2 is 1.65 bits per heavy atom. The second kappa shape index (κ2) is 16.9.